The van der Waals surface area contributed by atoms with Gasteiger partial charge in [-0.05, 0) is 42.9 Å². The van der Waals surface area contributed by atoms with Crippen LogP contribution >= 0.6 is 0 Å². The van der Waals surface area contributed by atoms with Crippen molar-refractivity contribution in [2.45, 2.75) is 32.7 Å². The molecular weight excluding hydrogens is 444 g/mol. The lowest BCUT2D eigenvalue weighted by atomic mass is 9.76. The third kappa shape index (κ3) is 4.24. The van der Waals surface area contributed by atoms with Crippen molar-refractivity contribution in [3.63, 3.8) is 0 Å². The number of carbonyl (C=O) groups excluding carboxylic acids is 3. The lowest BCUT2D eigenvalue weighted by molar-refractivity contribution is -0.385. The van der Waals surface area contributed by atoms with Crippen LogP contribution in [-0.4, -0.2) is 37.6 Å². The number of rotatable bonds is 6. The first kappa shape index (κ1) is 23.0. The third-order valence-corrected chi connectivity index (χ3v) is 6.44. The summed E-state index contributed by atoms with van der Waals surface area (Å²) in [7, 11) is 0. The number of hydrogen-bond acceptors (Lipinski definition) is 7. The quantitative estimate of drug-likeness (QED) is 0.360. The summed E-state index contributed by atoms with van der Waals surface area (Å²) in [5, 5.41) is 23.9. The Balaban J connectivity index is 1.69. The number of carbonyl (C=O) groups is 3. The molecule has 11 nitrogen and oxygen atoms in total. The molecule has 1 saturated heterocycles. The molecule has 2 aliphatic rings. The molecule has 0 aromatic heterocycles. The van der Waals surface area contributed by atoms with E-state index in [0.717, 1.165) is 16.4 Å². The van der Waals surface area contributed by atoms with Gasteiger partial charge in [-0.3, -0.25) is 34.6 Å². The van der Waals surface area contributed by atoms with Crippen molar-refractivity contribution < 1.29 is 24.2 Å². The second-order valence-electron chi connectivity index (χ2n) is 8.71. The van der Waals surface area contributed by atoms with E-state index in [1.165, 1.54) is 48.5 Å². The van der Waals surface area contributed by atoms with Crippen LogP contribution in [0.4, 0.5) is 11.4 Å². The fourth-order valence-electron chi connectivity index (χ4n) is 4.61. The molecule has 0 unspecified atom stereocenters. The molecule has 3 atom stereocenters. The molecule has 0 bridgehead atoms. The number of benzene rings is 2. The summed E-state index contributed by atoms with van der Waals surface area (Å²) in [5.74, 6) is -2.28. The van der Waals surface area contributed by atoms with Gasteiger partial charge in [0.05, 0.1) is 28.2 Å². The zero-order valence-corrected chi connectivity index (χ0v) is 18.3. The molecule has 3 amide bonds. The topological polar surface area (TPSA) is 144 Å². The molecule has 2 fully saturated rings. The summed E-state index contributed by atoms with van der Waals surface area (Å²) in [6.07, 6.45) is 1.93. The van der Waals surface area contributed by atoms with E-state index in [1.54, 1.807) is 0 Å². The molecule has 2 aromatic rings. The number of non-ortho nitro benzene ring substituents is 2. The fraction of sp³-hybridized carbons (Fsp3) is 0.348. The number of imide groups is 1. The predicted octanol–water partition coefficient (Wildman–Crippen LogP) is 3.48. The molecule has 1 aliphatic carbocycles. The number of hydrazine groups is 1. The summed E-state index contributed by atoms with van der Waals surface area (Å²) in [6.45, 7) is 1.84. The zero-order chi connectivity index (χ0) is 24.6. The molecule has 1 aliphatic heterocycles. The molecule has 2 aromatic carbocycles. The molecule has 4 rings (SSSR count). The average Bonchev–Trinajstić information content (AvgIpc) is 3.06. The van der Waals surface area contributed by atoms with E-state index in [4.69, 9.17) is 0 Å². The first-order chi connectivity index (χ1) is 16.2. The summed E-state index contributed by atoms with van der Waals surface area (Å²) >= 11 is 0. The van der Waals surface area contributed by atoms with Crippen molar-refractivity contribution in [3.8, 4) is 0 Å². The van der Waals surface area contributed by atoms with Gasteiger partial charge in [0.1, 0.15) is 0 Å². The van der Waals surface area contributed by atoms with Gasteiger partial charge < -0.3 is 0 Å². The van der Waals surface area contributed by atoms with Crippen molar-refractivity contribution in [2.75, 3.05) is 0 Å². The minimum absolute atomic E-state index is 0.0661. The Kier molecular flexibility index (Phi) is 6.10. The number of nitro groups is 2. The minimum Gasteiger partial charge on any atom is -0.272 e. The number of fused-ring (bicyclic) bond motifs is 1. The van der Waals surface area contributed by atoms with Gasteiger partial charge in [0.25, 0.3) is 29.1 Å². The second kappa shape index (κ2) is 9.00. The van der Waals surface area contributed by atoms with Gasteiger partial charge in [0.15, 0.2) is 0 Å². The Morgan fingerprint density at radius 1 is 0.912 bits per heavy atom. The van der Waals surface area contributed by atoms with Crippen LogP contribution in [0.3, 0.4) is 0 Å². The fourth-order valence-corrected chi connectivity index (χ4v) is 4.61. The Bertz CT molecular complexity index is 1160. The molecule has 1 heterocycles. The van der Waals surface area contributed by atoms with Crippen molar-refractivity contribution in [1.29, 1.82) is 0 Å². The van der Waals surface area contributed by atoms with E-state index in [2.05, 4.69) is 0 Å². The highest BCUT2D eigenvalue weighted by molar-refractivity contribution is 6.07. The Morgan fingerprint density at radius 3 is 2.00 bits per heavy atom. The Labute approximate surface area is 194 Å². The summed E-state index contributed by atoms with van der Waals surface area (Å²) in [5.41, 5.74) is 0.207. The first-order valence-corrected chi connectivity index (χ1v) is 10.8. The van der Waals surface area contributed by atoms with Crippen LogP contribution in [0.5, 0.6) is 0 Å². The van der Waals surface area contributed by atoms with Crippen LogP contribution in [0.25, 0.3) is 0 Å². The first-order valence-electron chi connectivity index (χ1n) is 10.8. The van der Waals surface area contributed by atoms with Crippen LogP contribution in [0.2, 0.25) is 0 Å². The highest BCUT2D eigenvalue weighted by Gasteiger charge is 2.52. The normalized spacial score (nSPS) is 21.8. The molecule has 11 heteroatoms. The molecule has 176 valence electrons. The van der Waals surface area contributed by atoms with Gasteiger partial charge in [0, 0.05) is 29.8 Å². The van der Waals surface area contributed by atoms with E-state index in [0.29, 0.717) is 18.4 Å². The van der Waals surface area contributed by atoms with E-state index in [-0.39, 0.29) is 29.4 Å². The molecular formula is C23H22N4O7. The predicted molar refractivity (Wildman–Crippen MR) is 118 cm³/mol. The summed E-state index contributed by atoms with van der Waals surface area (Å²) in [6, 6.07) is 10.3. The van der Waals surface area contributed by atoms with Crippen molar-refractivity contribution >= 4 is 29.1 Å². The number of nitrogens with zero attached hydrogens (tertiary/aromatic N) is 4. The maximum Gasteiger partial charge on any atom is 0.273 e. The largest absolute Gasteiger partial charge is 0.273 e. The molecule has 1 saturated carbocycles. The molecule has 0 spiro atoms. The van der Waals surface area contributed by atoms with Gasteiger partial charge in [-0.1, -0.05) is 19.1 Å². The third-order valence-electron chi connectivity index (χ3n) is 6.44. The van der Waals surface area contributed by atoms with Crippen molar-refractivity contribution in [1.82, 2.24) is 10.0 Å². The molecule has 0 N–H and O–H groups in total. The number of nitro benzene ring substituents is 2. The standard InChI is InChI=1S/C23H22N4O7/c1-14-2-11-19-20(12-14)23(30)25(22(19)29)24(13-15-3-7-17(8-4-15)26(31)32)21(28)16-5-9-18(10-6-16)27(33)34/h3-10,14,19-20H,2,11-13H2,1H3/t14-,19+,20+/m1/s1. The summed E-state index contributed by atoms with van der Waals surface area (Å²) < 4.78 is 0. The smallest absolute Gasteiger partial charge is 0.272 e. The lowest BCUT2D eigenvalue weighted by Gasteiger charge is -2.30. The van der Waals surface area contributed by atoms with Gasteiger partial charge in [-0.2, -0.15) is 5.01 Å². The van der Waals surface area contributed by atoms with Crippen molar-refractivity contribution in [2.24, 2.45) is 17.8 Å². The van der Waals surface area contributed by atoms with E-state index in [1.807, 2.05) is 6.92 Å². The van der Waals surface area contributed by atoms with Crippen LogP contribution in [-0.2, 0) is 16.1 Å². The highest BCUT2D eigenvalue weighted by Crippen LogP contribution is 2.41. The highest BCUT2D eigenvalue weighted by atomic mass is 16.6. The molecule has 0 radical (unpaired) electrons. The monoisotopic (exact) mass is 466 g/mol. The average molecular weight is 466 g/mol. The Morgan fingerprint density at radius 2 is 1.44 bits per heavy atom. The number of amides is 3. The lowest BCUT2D eigenvalue weighted by Crippen LogP contribution is -2.49. The second-order valence-corrected chi connectivity index (χ2v) is 8.71. The van der Waals surface area contributed by atoms with Crippen LogP contribution < -0.4 is 0 Å². The van der Waals surface area contributed by atoms with Crippen LogP contribution in [0.1, 0.15) is 42.1 Å². The van der Waals surface area contributed by atoms with E-state index in [9.17, 15) is 34.6 Å². The van der Waals surface area contributed by atoms with Gasteiger partial charge >= 0.3 is 0 Å². The SMILES string of the molecule is C[C@@H]1CC[C@@H]2C(=O)N(N(Cc3ccc([N+](=O)[O-])cc3)C(=O)c3ccc([N+](=O)[O-])cc3)C(=O)[C@H]2C1. The Hall–Kier alpha value is -4.15. The molecule has 34 heavy (non-hydrogen) atoms. The van der Waals surface area contributed by atoms with Crippen LogP contribution in [0, 0.1) is 38.0 Å². The minimum atomic E-state index is -0.679. The van der Waals surface area contributed by atoms with E-state index < -0.39 is 39.4 Å². The zero-order valence-electron chi connectivity index (χ0n) is 18.3. The summed E-state index contributed by atoms with van der Waals surface area (Å²) in [4.78, 5) is 60.8. The van der Waals surface area contributed by atoms with Gasteiger partial charge in [-0.15, -0.1) is 0 Å². The van der Waals surface area contributed by atoms with Crippen molar-refractivity contribution in [3.05, 3.63) is 79.9 Å². The maximum absolute atomic E-state index is 13.5. The van der Waals surface area contributed by atoms with Gasteiger partial charge in [0.2, 0.25) is 0 Å². The van der Waals surface area contributed by atoms with Crippen LogP contribution in [0.15, 0.2) is 48.5 Å². The van der Waals surface area contributed by atoms with Gasteiger partial charge in [-0.25, -0.2) is 5.01 Å². The number of hydrogen-bond donors (Lipinski definition) is 0. The maximum atomic E-state index is 13.5. The van der Waals surface area contributed by atoms with E-state index >= 15 is 0 Å².